The Morgan fingerprint density at radius 2 is 2.11 bits per heavy atom. The molecule has 1 N–H and O–H groups in total. The number of nitrogens with one attached hydrogen (secondary N) is 1. The summed E-state index contributed by atoms with van der Waals surface area (Å²) in [4.78, 5) is 13.2. The molecule has 6 heteroatoms. The highest BCUT2D eigenvalue weighted by atomic mass is 16.5. The lowest BCUT2D eigenvalue weighted by Crippen LogP contribution is -2.32. The summed E-state index contributed by atoms with van der Waals surface area (Å²) in [5.74, 6) is 0.376. The van der Waals surface area contributed by atoms with E-state index in [4.69, 9.17) is 4.74 Å². The zero-order valence-electron chi connectivity index (χ0n) is 10.6. The third-order valence-electron chi connectivity index (χ3n) is 3.22. The SMILES string of the molecule is O=C(Cn1nc2ccccc2n1)NCC1CCOC1. The second-order valence-electron chi connectivity index (χ2n) is 4.75. The molecular formula is C13H16N4O2. The molecule has 2 aromatic rings. The number of benzene rings is 1. The number of amides is 1. The molecular weight excluding hydrogens is 244 g/mol. The normalized spacial score (nSPS) is 18.8. The summed E-state index contributed by atoms with van der Waals surface area (Å²) in [7, 11) is 0. The van der Waals surface area contributed by atoms with Crippen LogP contribution in [0.2, 0.25) is 0 Å². The molecule has 2 heterocycles. The van der Waals surface area contributed by atoms with Crippen molar-refractivity contribution >= 4 is 16.9 Å². The van der Waals surface area contributed by atoms with E-state index in [0.717, 1.165) is 30.7 Å². The second kappa shape index (κ2) is 5.36. The number of aromatic nitrogens is 3. The largest absolute Gasteiger partial charge is 0.381 e. The van der Waals surface area contributed by atoms with E-state index >= 15 is 0 Å². The molecule has 0 bridgehead atoms. The average molecular weight is 260 g/mol. The fourth-order valence-electron chi connectivity index (χ4n) is 2.16. The number of hydrogen-bond donors (Lipinski definition) is 1. The quantitative estimate of drug-likeness (QED) is 0.873. The molecule has 100 valence electrons. The molecule has 0 saturated carbocycles. The summed E-state index contributed by atoms with van der Waals surface area (Å²) in [6, 6.07) is 7.57. The van der Waals surface area contributed by atoms with Gasteiger partial charge in [-0.1, -0.05) is 12.1 Å². The maximum Gasteiger partial charge on any atom is 0.243 e. The summed E-state index contributed by atoms with van der Waals surface area (Å²) < 4.78 is 5.27. The maximum absolute atomic E-state index is 11.8. The van der Waals surface area contributed by atoms with Gasteiger partial charge in [-0.3, -0.25) is 4.79 Å². The van der Waals surface area contributed by atoms with Gasteiger partial charge >= 0.3 is 0 Å². The molecule has 19 heavy (non-hydrogen) atoms. The Balaban J connectivity index is 1.56. The maximum atomic E-state index is 11.8. The third-order valence-corrected chi connectivity index (χ3v) is 3.22. The molecule has 0 radical (unpaired) electrons. The third kappa shape index (κ3) is 2.90. The van der Waals surface area contributed by atoms with Gasteiger partial charge in [-0.05, 0) is 18.6 Å². The lowest BCUT2D eigenvalue weighted by atomic mass is 10.1. The van der Waals surface area contributed by atoms with Gasteiger partial charge in [0.25, 0.3) is 0 Å². The number of ether oxygens (including phenoxy) is 1. The van der Waals surface area contributed by atoms with Crippen LogP contribution < -0.4 is 5.32 Å². The zero-order valence-corrected chi connectivity index (χ0v) is 10.6. The lowest BCUT2D eigenvalue weighted by Gasteiger charge is -2.08. The number of carbonyl (C=O) groups excluding carboxylic acids is 1. The van der Waals surface area contributed by atoms with E-state index in [1.165, 1.54) is 4.80 Å². The fourth-order valence-corrected chi connectivity index (χ4v) is 2.16. The molecule has 6 nitrogen and oxygen atoms in total. The van der Waals surface area contributed by atoms with Gasteiger partial charge in [0.15, 0.2) is 0 Å². The molecule has 1 aromatic carbocycles. The van der Waals surface area contributed by atoms with E-state index in [1.807, 2.05) is 24.3 Å². The van der Waals surface area contributed by atoms with Crippen molar-refractivity contribution in [1.82, 2.24) is 20.3 Å². The van der Waals surface area contributed by atoms with Gasteiger partial charge in [-0.25, -0.2) is 0 Å². The first-order valence-electron chi connectivity index (χ1n) is 6.45. The van der Waals surface area contributed by atoms with Crippen LogP contribution in [-0.2, 0) is 16.1 Å². The van der Waals surface area contributed by atoms with Gasteiger partial charge in [0, 0.05) is 19.1 Å². The number of hydrogen-bond acceptors (Lipinski definition) is 4. The Hall–Kier alpha value is -1.95. The van der Waals surface area contributed by atoms with Crippen LogP contribution in [0.3, 0.4) is 0 Å². The number of fused-ring (bicyclic) bond motifs is 1. The first-order chi connectivity index (χ1) is 9.31. The van der Waals surface area contributed by atoms with Crippen LogP contribution in [0.4, 0.5) is 0 Å². The van der Waals surface area contributed by atoms with Crippen LogP contribution in [0, 0.1) is 5.92 Å². The number of carbonyl (C=O) groups is 1. The molecule has 3 rings (SSSR count). The molecule has 1 atom stereocenters. The Morgan fingerprint density at radius 1 is 1.37 bits per heavy atom. The highest BCUT2D eigenvalue weighted by molar-refractivity contribution is 5.77. The molecule has 0 aliphatic carbocycles. The van der Waals surface area contributed by atoms with Crippen molar-refractivity contribution < 1.29 is 9.53 Å². The average Bonchev–Trinajstić information content (AvgIpc) is 3.04. The minimum Gasteiger partial charge on any atom is -0.381 e. The molecule has 1 unspecified atom stereocenters. The smallest absolute Gasteiger partial charge is 0.243 e. The van der Waals surface area contributed by atoms with Crippen molar-refractivity contribution in [2.24, 2.45) is 5.92 Å². The van der Waals surface area contributed by atoms with Crippen molar-refractivity contribution in [2.75, 3.05) is 19.8 Å². The summed E-state index contributed by atoms with van der Waals surface area (Å²) in [6.07, 6.45) is 1.02. The number of nitrogens with zero attached hydrogens (tertiary/aromatic N) is 3. The van der Waals surface area contributed by atoms with Gasteiger partial charge in [0.2, 0.25) is 5.91 Å². The van der Waals surface area contributed by atoms with Crippen LogP contribution >= 0.6 is 0 Å². The highest BCUT2D eigenvalue weighted by Crippen LogP contribution is 2.10. The molecule has 1 aliphatic heterocycles. The van der Waals surface area contributed by atoms with Crippen LogP contribution in [-0.4, -0.2) is 40.7 Å². The fraction of sp³-hybridized carbons (Fsp3) is 0.462. The van der Waals surface area contributed by atoms with Crippen LogP contribution in [0.1, 0.15) is 6.42 Å². The second-order valence-corrected chi connectivity index (χ2v) is 4.75. The monoisotopic (exact) mass is 260 g/mol. The highest BCUT2D eigenvalue weighted by Gasteiger charge is 2.16. The predicted molar refractivity (Wildman–Crippen MR) is 69.5 cm³/mol. The summed E-state index contributed by atoms with van der Waals surface area (Å²) in [6.45, 7) is 2.36. The van der Waals surface area contributed by atoms with Crippen LogP contribution in [0.15, 0.2) is 24.3 Å². The van der Waals surface area contributed by atoms with E-state index in [9.17, 15) is 4.79 Å². The van der Waals surface area contributed by atoms with Gasteiger partial charge in [-0.2, -0.15) is 15.0 Å². The molecule has 1 saturated heterocycles. The number of rotatable bonds is 4. The van der Waals surface area contributed by atoms with Gasteiger partial charge in [0.05, 0.1) is 6.61 Å². The predicted octanol–water partition coefficient (Wildman–Crippen LogP) is 0.584. The van der Waals surface area contributed by atoms with Crippen LogP contribution in [0.25, 0.3) is 11.0 Å². The molecule has 1 aliphatic rings. The van der Waals surface area contributed by atoms with Crippen LogP contribution in [0.5, 0.6) is 0 Å². The van der Waals surface area contributed by atoms with Crippen molar-refractivity contribution in [1.29, 1.82) is 0 Å². The summed E-state index contributed by atoms with van der Waals surface area (Å²) in [5, 5.41) is 11.4. The first-order valence-corrected chi connectivity index (χ1v) is 6.45. The Kier molecular flexibility index (Phi) is 3.41. The van der Waals surface area contributed by atoms with Crippen molar-refractivity contribution in [2.45, 2.75) is 13.0 Å². The van der Waals surface area contributed by atoms with Gasteiger partial charge < -0.3 is 10.1 Å². The van der Waals surface area contributed by atoms with E-state index in [-0.39, 0.29) is 12.5 Å². The van der Waals surface area contributed by atoms with Gasteiger partial charge in [0.1, 0.15) is 17.6 Å². The van der Waals surface area contributed by atoms with E-state index in [2.05, 4.69) is 15.5 Å². The summed E-state index contributed by atoms with van der Waals surface area (Å²) in [5.41, 5.74) is 1.61. The van der Waals surface area contributed by atoms with Gasteiger partial charge in [-0.15, -0.1) is 0 Å². The summed E-state index contributed by atoms with van der Waals surface area (Å²) >= 11 is 0. The molecule has 1 aromatic heterocycles. The zero-order chi connectivity index (χ0) is 13.1. The minimum absolute atomic E-state index is 0.0628. The van der Waals surface area contributed by atoms with E-state index in [1.54, 1.807) is 0 Å². The molecule has 1 amide bonds. The molecule has 1 fully saturated rings. The van der Waals surface area contributed by atoms with Crippen molar-refractivity contribution in [3.05, 3.63) is 24.3 Å². The Morgan fingerprint density at radius 3 is 2.74 bits per heavy atom. The minimum atomic E-state index is -0.0628. The van der Waals surface area contributed by atoms with Crippen molar-refractivity contribution in [3.8, 4) is 0 Å². The van der Waals surface area contributed by atoms with E-state index < -0.39 is 0 Å². The standard InChI is InChI=1S/C13H16N4O2/c18-13(14-7-10-5-6-19-9-10)8-17-15-11-3-1-2-4-12(11)16-17/h1-4,10H,5-9H2,(H,14,18). The lowest BCUT2D eigenvalue weighted by molar-refractivity contribution is -0.122. The molecule has 0 spiro atoms. The van der Waals surface area contributed by atoms with E-state index in [0.29, 0.717) is 12.5 Å². The van der Waals surface area contributed by atoms with Crippen molar-refractivity contribution in [3.63, 3.8) is 0 Å². The Labute approximate surface area is 110 Å². The Bertz CT molecular complexity index is 542. The topological polar surface area (TPSA) is 69.0 Å². The first kappa shape index (κ1) is 12.1.